The first-order valence-corrected chi connectivity index (χ1v) is 12.1. The molecule has 0 amide bonds. The minimum atomic E-state index is -0.00808. The van der Waals surface area contributed by atoms with Gasteiger partial charge in [0.2, 0.25) is 0 Å². The minimum absolute atomic E-state index is 0.00808. The second-order valence-corrected chi connectivity index (χ2v) is 10.4. The predicted molar refractivity (Wildman–Crippen MR) is 125 cm³/mol. The number of Topliss-reactive ketones (excluding diaryl/α,β-unsaturated/α-hetero) is 2. The highest BCUT2D eigenvalue weighted by atomic mass is 16.1. The summed E-state index contributed by atoms with van der Waals surface area (Å²) >= 11 is 0. The maximum absolute atomic E-state index is 12.7. The summed E-state index contributed by atoms with van der Waals surface area (Å²) in [5, 5.41) is 3.35. The molecule has 170 valence electrons. The van der Waals surface area contributed by atoms with E-state index in [1.54, 1.807) is 0 Å². The SMILES string of the molecule is CC(N)N[C@@H]1CC=C(C(=O)CCC(C)(C)CCC(=O)[C@H](C)CC2=CCCCC2)CC1. The number of allylic oxidation sites excluding steroid dienone is 3. The smallest absolute Gasteiger partial charge is 0.158 e. The van der Waals surface area contributed by atoms with Crippen LogP contribution in [0.1, 0.15) is 105 Å². The minimum Gasteiger partial charge on any atom is -0.316 e. The lowest BCUT2D eigenvalue weighted by atomic mass is 9.79. The maximum Gasteiger partial charge on any atom is 0.158 e. The molecule has 4 heteroatoms. The van der Waals surface area contributed by atoms with E-state index >= 15 is 0 Å². The Morgan fingerprint density at radius 3 is 2.47 bits per heavy atom. The quantitative estimate of drug-likeness (QED) is 0.320. The molecule has 2 aliphatic carbocycles. The molecule has 3 N–H and O–H groups in total. The lowest BCUT2D eigenvalue weighted by Gasteiger charge is -2.27. The fourth-order valence-electron chi connectivity index (χ4n) is 4.65. The molecular formula is C26H44N2O2. The first-order chi connectivity index (χ1) is 14.2. The third-order valence-electron chi connectivity index (χ3n) is 6.85. The normalized spacial score (nSPS) is 22.1. The summed E-state index contributed by atoms with van der Waals surface area (Å²) < 4.78 is 0. The van der Waals surface area contributed by atoms with E-state index in [0.717, 1.165) is 44.1 Å². The standard InChI is InChI=1S/C26H44N2O2/c1-19(18-21-8-6-5-7-9-21)24(29)14-16-26(3,4)17-15-25(30)22-10-12-23(13-11-22)28-20(2)27/h8,10,19-20,23,28H,5-7,9,11-18,27H2,1-4H3/t19-,20?,23-/m1/s1. The van der Waals surface area contributed by atoms with Gasteiger partial charge in [-0.3, -0.25) is 14.9 Å². The van der Waals surface area contributed by atoms with Crippen molar-refractivity contribution in [3.8, 4) is 0 Å². The molecule has 30 heavy (non-hydrogen) atoms. The highest BCUT2D eigenvalue weighted by Gasteiger charge is 2.25. The van der Waals surface area contributed by atoms with Crippen LogP contribution in [-0.4, -0.2) is 23.8 Å². The number of carbonyl (C=O) groups excluding carboxylic acids is 2. The zero-order valence-electron chi connectivity index (χ0n) is 19.8. The van der Waals surface area contributed by atoms with Crippen molar-refractivity contribution >= 4 is 11.6 Å². The van der Waals surface area contributed by atoms with Crippen molar-refractivity contribution in [2.45, 2.75) is 117 Å². The van der Waals surface area contributed by atoms with Gasteiger partial charge >= 0.3 is 0 Å². The van der Waals surface area contributed by atoms with Crippen LogP contribution < -0.4 is 11.1 Å². The Hall–Kier alpha value is -1.26. The van der Waals surface area contributed by atoms with Crippen molar-refractivity contribution in [3.63, 3.8) is 0 Å². The Bertz CT molecular complexity index is 645. The molecule has 0 aromatic heterocycles. The second kappa shape index (κ2) is 12.0. The largest absolute Gasteiger partial charge is 0.316 e. The van der Waals surface area contributed by atoms with Gasteiger partial charge in [0.25, 0.3) is 0 Å². The van der Waals surface area contributed by atoms with Gasteiger partial charge in [0.05, 0.1) is 6.17 Å². The zero-order valence-corrected chi connectivity index (χ0v) is 19.8. The monoisotopic (exact) mass is 416 g/mol. The van der Waals surface area contributed by atoms with Gasteiger partial charge < -0.3 is 5.73 Å². The molecule has 4 nitrogen and oxygen atoms in total. The molecule has 1 unspecified atom stereocenters. The van der Waals surface area contributed by atoms with Crippen LogP contribution in [0.2, 0.25) is 0 Å². The van der Waals surface area contributed by atoms with E-state index in [1.807, 2.05) is 6.92 Å². The van der Waals surface area contributed by atoms with Crippen LogP contribution in [0.25, 0.3) is 0 Å². The van der Waals surface area contributed by atoms with Crippen molar-refractivity contribution in [2.75, 3.05) is 0 Å². The summed E-state index contributed by atoms with van der Waals surface area (Å²) in [6.07, 6.45) is 15.9. The molecular weight excluding hydrogens is 372 g/mol. The topological polar surface area (TPSA) is 72.2 Å². The summed E-state index contributed by atoms with van der Waals surface area (Å²) in [4.78, 5) is 25.3. The van der Waals surface area contributed by atoms with Gasteiger partial charge in [-0.2, -0.15) is 0 Å². The van der Waals surface area contributed by atoms with Gasteiger partial charge in [0.15, 0.2) is 5.78 Å². The van der Waals surface area contributed by atoms with E-state index in [2.05, 4.69) is 38.2 Å². The number of ketones is 2. The van der Waals surface area contributed by atoms with E-state index in [0.29, 0.717) is 24.7 Å². The molecule has 2 aliphatic rings. The summed E-state index contributed by atoms with van der Waals surface area (Å²) in [6.45, 7) is 8.42. The summed E-state index contributed by atoms with van der Waals surface area (Å²) in [5.74, 6) is 0.784. The second-order valence-electron chi connectivity index (χ2n) is 10.4. The van der Waals surface area contributed by atoms with Crippen molar-refractivity contribution in [3.05, 3.63) is 23.3 Å². The molecule has 0 aliphatic heterocycles. The highest BCUT2D eigenvalue weighted by Crippen LogP contribution is 2.32. The molecule has 0 radical (unpaired) electrons. The third-order valence-corrected chi connectivity index (χ3v) is 6.85. The molecule has 2 rings (SSSR count). The summed E-state index contributed by atoms with van der Waals surface area (Å²) in [7, 11) is 0. The van der Waals surface area contributed by atoms with Gasteiger partial charge in [-0.25, -0.2) is 0 Å². The van der Waals surface area contributed by atoms with Gasteiger partial charge in [-0.05, 0) is 82.1 Å². The number of hydrogen-bond acceptors (Lipinski definition) is 4. The van der Waals surface area contributed by atoms with Crippen LogP contribution in [0, 0.1) is 11.3 Å². The van der Waals surface area contributed by atoms with Gasteiger partial charge in [0.1, 0.15) is 5.78 Å². The highest BCUT2D eigenvalue weighted by molar-refractivity contribution is 5.95. The van der Waals surface area contributed by atoms with Crippen molar-refractivity contribution < 1.29 is 9.59 Å². The third kappa shape index (κ3) is 8.85. The molecule has 3 atom stereocenters. The van der Waals surface area contributed by atoms with E-state index in [9.17, 15) is 9.59 Å². The number of carbonyl (C=O) groups is 2. The zero-order chi connectivity index (χ0) is 22.1. The van der Waals surface area contributed by atoms with E-state index in [-0.39, 0.29) is 23.3 Å². The predicted octanol–water partition coefficient (Wildman–Crippen LogP) is 5.61. The molecule has 0 spiro atoms. The number of rotatable bonds is 12. The lowest BCUT2D eigenvalue weighted by molar-refractivity contribution is -0.122. The van der Waals surface area contributed by atoms with Gasteiger partial charge in [-0.1, -0.05) is 38.5 Å². The average molecular weight is 417 g/mol. The Kier molecular flexibility index (Phi) is 9.96. The van der Waals surface area contributed by atoms with Crippen LogP contribution in [0.4, 0.5) is 0 Å². The molecule has 0 saturated carbocycles. The summed E-state index contributed by atoms with van der Waals surface area (Å²) in [6, 6.07) is 0.385. The van der Waals surface area contributed by atoms with Gasteiger partial charge in [-0.15, -0.1) is 0 Å². The van der Waals surface area contributed by atoms with Crippen LogP contribution in [0.3, 0.4) is 0 Å². The lowest BCUT2D eigenvalue weighted by Crippen LogP contribution is -2.42. The molecule has 0 bridgehead atoms. The molecule has 0 heterocycles. The summed E-state index contributed by atoms with van der Waals surface area (Å²) in [5.41, 5.74) is 8.28. The molecule has 0 aromatic carbocycles. The van der Waals surface area contributed by atoms with E-state index in [1.165, 1.54) is 31.3 Å². The van der Waals surface area contributed by atoms with Crippen LogP contribution in [0.5, 0.6) is 0 Å². The Balaban J connectivity index is 1.71. The van der Waals surface area contributed by atoms with Crippen LogP contribution >= 0.6 is 0 Å². The molecule has 0 saturated heterocycles. The fraction of sp³-hybridized carbons (Fsp3) is 0.769. The van der Waals surface area contributed by atoms with Crippen LogP contribution in [0.15, 0.2) is 23.3 Å². The average Bonchev–Trinajstić information content (AvgIpc) is 2.71. The Morgan fingerprint density at radius 1 is 1.13 bits per heavy atom. The Morgan fingerprint density at radius 2 is 1.87 bits per heavy atom. The number of nitrogens with two attached hydrogens (primary N) is 1. The van der Waals surface area contributed by atoms with Crippen molar-refractivity contribution in [2.24, 2.45) is 17.1 Å². The Labute approximate surface area is 184 Å². The van der Waals surface area contributed by atoms with E-state index in [4.69, 9.17) is 5.73 Å². The maximum atomic E-state index is 12.7. The van der Waals surface area contributed by atoms with Crippen molar-refractivity contribution in [1.29, 1.82) is 0 Å². The fourth-order valence-corrected chi connectivity index (χ4v) is 4.65. The molecule has 0 fully saturated rings. The van der Waals surface area contributed by atoms with Gasteiger partial charge in [0, 0.05) is 24.8 Å². The number of hydrogen-bond donors (Lipinski definition) is 2. The molecule has 0 aromatic rings. The van der Waals surface area contributed by atoms with Crippen LogP contribution in [-0.2, 0) is 9.59 Å². The van der Waals surface area contributed by atoms with E-state index < -0.39 is 0 Å². The first-order valence-electron chi connectivity index (χ1n) is 12.1. The van der Waals surface area contributed by atoms with Crippen molar-refractivity contribution in [1.82, 2.24) is 5.32 Å². The number of nitrogens with one attached hydrogen (secondary N) is 1. The first kappa shape index (κ1) is 25.0.